The zero-order chi connectivity index (χ0) is 15.8. The third kappa shape index (κ3) is 2.49. The molecule has 23 heavy (non-hydrogen) atoms. The molecule has 3 heterocycles. The Bertz CT molecular complexity index is 1060. The van der Waals surface area contributed by atoms with Crippen LogP contribution in [0.5, 0.6) is 0 Å². The second-order valence-corrected chi connectivity index (χ2v) is 5.21. The van der Waals surface area contributed by atoms with Gasteiger partial charge >= 0.3 is 5.63 Å². The lowest BCUT2D eigenvalue weighted by molar-refractivity contribution is 0.547. The minimum atomic E-state index is -0.551. The van der Waals surface area contributed by atoms with E-state index in [1.54, 1.807) is 48.8 Å². The molecule has 3 aromatic heterocycles. The van der Waals surface area contributed by atoms with Crippen molar-refractivity contribution in [1.82, 2.24) is 15.2 Å². The number of benzene rings is 1. The van der Waals surface area contributed by atoms with Crippen molar-refractivity contribution in [2.75, 3.05) is 0 Å². The number of rotatable bonds is 2. The number of pyridine rings is 1. The van der Waals surface area contributed by atoms with Gasteiger partial charge in [0, 0.05) is 28.4 Å². The molecule has 4 rings (SSSR count). The fourth-order valence-corrected chi connectivity index (χ4v) is 2.37. The smallest absolute Gasteiger partial charge is 0.349 e. The second kappa shape index (κ2) is 5.33. The zero-order valence-electron chi connectivity index (χ0n) is 11.6. The van der Waals surface area contributed by atoms with Gasteiger partial charge in [0.05, 0.1) is 0 Å². The van der Waals surface area contributed by atoms with Gasteiger partial charge in [0.25, 0.3) is 5.89 Å². The summed E-state index contributed by atoms with van der Waals surface area (Å²) in [5, 5.41) is 9.09. The highest BCUT2D eigenvalue weighted by Gasteiger charge is 2.15. The van der Waals surface area contributed by atoms with E-state index in [9.17, 15) is 4.79 Å². The van der Waals surface area contributed by atoms with Crippen molar-refractivity contribution in [2.45, 2.75) is 0 Å². The molecule has 0 fully saturated rings. The van der Waals surface area contributed by atoms with E-state index in [0.29, 0.717) is 27.4 Å². The lowest BCUT2D eigenvalue weighted by Gasteiger charge is -1.99. The van der Waals surface area contributed by atoms with Gasteiger partial charge in [-0.1, -0.05) is 11.6 Å². The summed E-state index contributed by atoms with van der Waals surface area (Å²) in [7, 11) is 0. The van der Waals surface area contributed by atoms with E-state index in [1.807, 2.05) is 0 Å². The molecule has 0 aliphatic heterocycles. The molecule has 0 bridgehead atoms. The largest absolute Gasteiger partial charge is 0.422 e. The SMILES string of the molecule is O=c1oc2ccc(Cl)cc2cc1-c1nnc(-c2ccncc2)o1. The molecule has 4 aromatic rings. The molecule has 0 N–H and O–H groups in total. The van der Waals surface area contributed by atoms with E-state index < -0.39 is 5.63 Å². The third-order valence-electron chi connectivity index (χ3n) is 3.28. The van der Waals surface area contributed by atoms with E-state index in [-0.39, 0.29) is 11.5 Å². The zero-order valence-corrected chi connectivity index (χ0v) is 12.3. The summed E-state index contributed by atoms with van der Waals surface area (Å²) in [5.41, 5.74) is 0.793. The summed E-state index contributed by atoms with van der Waals surface area (Å²) >= 11 is 5.96. The minimum Gasteiger partial charge on any atom is -0.422 e. The summed E-state index contributed by atoms with van der Waals surface area (Å²) in [6, 6.07) is 10.1. The summed E-state index contributed by atoms with van der Waals surface area (Å²) in [6.07, 6.45) is 3.23. The first-order valence-corrected chi connectivity index (χ1v) is 7.06. The summed E-state index contributed by atoms with van der Waals surface area (Å²) in [5.74, 6) is 0.389. The Hall–Kier alpha value is -2.99. The van der Waals surface area contributed by atoms with Gasteiger partial charge in [-0.05, 0) is 36.4 Å². The standard InChI is InChI=1S/C16H8ClN3O3/c17-11-1-2-13-10(7-11)8-12(16(21)22-13)15-20-19-14(23-15)9-3-5-18-6-4-9/h1-8H. The number of halogens is 1. The van der Waals surface area contributed by atoms with Crippen LogP contribution in [-0.2, 0) is 0 Å². The van der Waals surface area contributed by atoms with Gasteiger partial charge in [0.15, 0.2) is 0 Å². The highest BCUT2D eigenvalue weighted by molar-refractivity contribution is 6.31. The van der Waals surface area contributed by atoms with Gasteiger partial charge < -0.3 is 8.83 Å². The van der Waals surface area contributed by atoms with Crippen LogP contribution in [0.15, 0.2) is 62.4 Å². The number of hydrogen-bond donors (Lipinski definition) is 0. The average Bonchev–Trinajstić information content (AvgIpc) is 3.05. The first kappa shape index (κ1) is 13.7. The highest BCUT2D eigenvalue weighted by atomic mass is 35.5. The Morgan fingerprint density at radius 1 is 0.913 bits per heavy atom. The van der Waals surface area contributed by atoms with E-state index in [4.69, 9.17) is 20.4 Å². The van der Waals surface area contributed by atoms with E-state index in [2.05, 4.69) is 15.2 Å². The monoisotopic (exact) mass is 325 g/mol. The van der Waals surface area contributed by atoms with Gasteiger partial charge in [0.1, 0.15) is 11.1 Å². The maximum Gasteiger partial charge on any atom is 0.349 e. The molecule has 0 saturated carbocycles. The molecule has 0 spiro atoms. The molecule has 112 valence electrons. The predicted octanol–water partition coefficient (Wildman–Crippen LogP) is 3.56. The topological polar surface area (TPSA) is 82.0 Å². The first-order chi connectivity index (χ1) is 11.2. The molecule has 0 aliphatic carbocycles. The molecule has 1 aromatic carbocycles. The van der Waals surface area contributed by atoms with Gasteiger partial charge in [-0.15, -0.1) is 10.2 Å². The number of hydrogen-bond acceptors (Lipinski definition) is 6. The molecule has 0 saturated heterocycles. The molecular weight excluding hydrogens is 318 g/mol. The van der Waals surface area contributed by atoms with Crippen molar-refractivity contribution in [3.63, 3.8) is 0 Å². The number of fused-ring (bicyclic) bond motifs is 1. The average molecular weight is 326 g/mol. The quantitative estimate of drug-likeness (QED) is 0.524. The summed E-state index contributed by atoms with van der Waals surface area (Å²) in [4.78, 5) is 16.1. The van der Waals surface area contributed by atoms with Gasteiger partial charge in [-0.2, -0.15) is 0 Å². The molecule has 6 nitrogen and oxygen atoms in total. The summed E-state index contributed by atoms with van der Waals surface area (Å²) in [6.45, 7) is 0. The number of aromatic nitrogens is 3. The molecule has 0 atom stereocenters. The first-order valence-electron chi connectivity index (χ1n) is 6.68. The normalized spacial score (nSPS) is 11.0. The molecular formula is C16H8ClN3O3. The third-order valence-corrected chi connectivity index (χ3v) is 3.51. The van der Waals surface area contributed by atoms with Gasteiger partial charge in [0.2, 0.25) is 5.89 Å². The van der Waals surface area contributed by atoms with Crippen molar-refractivity contribution in [2.24, 2.45) is 0 Å². The van der Waals surface area contributed by atoms with Gasteiger partial charge in [-0.25, -0.2) is 4.79 Å². The van der Waals surface area contributed by atoms with E-state index in [1.165, 1.54) is 0 Å². The van der Waals surface area contributed by atoms with Crippen molar-refractivity contribution in [3.8, 4) is 22.9 Å². The minimum absolute atomic E-state index is 0.0902. The van der Waals surface area contributed by atoms with Crippen LogP contribution in [0.4, 0.5) is 0 Å². The maximum absolute atomic E-state index is 12.1. The highest BCUT2D eigenvalue weighted by Crippen LogP contribution is 2.25. The van der Waals surface area contributed by atoms with Crippen LogP contribution in [0.1, 0.15) is 0 Å². The fraction of sp³-hybridized carbons (Fsp3) is 0. The van der Waals surface area contributed by atoms with Gasteiger partial charge in [-0.3, -0.25) is 4.98 Å². The molecule has 0 amide bonds. The molecule has 0 unspecified atom stereocenters. The van der Waals surface area contributed by atoms with Crippen LogP contribution in [0.3, 0.4) is 0 Å². The summed E-state index contributed by atoms with van der Waals surface area (Å²) < 4.78 is 10.8. The van der Waals surface area contributed by atoms with Crippen LogP contribution >= 0.6 is 11.6 Å². The van der Waals surface area contributed by atoms with Crippen LogP contribution in [0.2, 0.25) is 5.02 Å². The van der Waals surface area contributed by atoms with Crippen LogP contribution in [-0.4, -0.2) is 15.2 Å². The second-order valence-electron chi connectivity index (χ2n) is 4.78. The Kier molecular flexibility index (Phi) is 3.17. The lowest BCUT2D eigenvalue weighted by Crippen LogP contribution is -2.02. The van der Waals surface area contributed by atoms with Crippen LogP contribution < -0.4 is 5.63 Å². The van der Waals surface area contributed by atoms with Crippen LogP contribution in [0.25, 0.3) is 33.9 Å². The Morgan fingerprint density at radius 2 is 1.70 bits per heavy atom. The van der Waals surface area contributed by atoms with Crippen molar-refractivity contribution < 1.29 is 8.83 Å². The fourth-order valence-electron chi connectivity index (χ4n) is 2.19. The van der Waals surface area contributed by atoms with E-state index in [0.717, 1.165) is 0 Å². The molecule has 7 heteroatoms. The van der Waals surface area contributed by atoms with Crippen LogP contribution in [0, 0.1) is 0 Å². The van der Waals surface area contributed by atoms with Crippen molar-refractivity contribution in [3.05, 3.63) is 64.2 Å². The van der Waals surface area contributed by atoms with Crippen molar-refractivity contribution >= 4 is 22.6 Å². The van der Waals surface area contributed by atoms with E-state index >= 15 is 0 Å². The predicted molar refractivity (Wildman–Crippen MR) is 84.0 cm³/mol. The number of nitrogens with zero attached hydrogens (tertiary/aromatic N) is 3. The Labute approximate surface area is 134 Å². The van der Waals surface area contributed by atoms with Crippen molar-refractivity contribution in [1.29, 1.82) is 0 Å². The molecule has 0 radical (unpaired) electrons. The lowest BCUT2D eigenvalue weighted by atomic mass is 10.2. The molecule has 0 aliphatic rings. The maximum atomic E-state index is 12.1. The Balaban J connectivity index is 1.85. The Morgan fingerprint density at radius 3 is 2.52 bits per heavy atom.